The number of aromatic nitrogens is 1. The van der Waals surface area contributed by atoms with E-state index in [1.165, 1.54) is 13.3 Å². The third-order valence-corrected chi connectivity index (χ3v) is 2.47. The van der Waals surface area contributed by atoms with Crippen molar-refractivity contribution in [2.75, 3.05) is 7.11 Å². The smallest absolute Gasteiger partial charge is 0.337 e. The number of methoxy groups -OCH3 is 1. The number of rotatable bonds is 3. The van der Waals surface area contributed by atoms with Crippen molar-refractivity contribution in [3.05, 3.63) is 53.9 Å². The van der Waals surface area contributed by atoms with Gasteiger partial charge in [0.25, 0.3) is 0 Å². The maximum atomic E-state index is 11.6. The topological polar surface area (TPSA) is 63.8 Å². The summed E-state index contributed by atoms with van der Waals surface area (Å²) >= 11 is 0. The Bertz CT molecular complexity index is 574. The van der Waals surface area contributed by atoms with Crippen LogP contribution in [0.15, 0.2) is 47.9 Å². The molecule has 2 rings (SSSR count). The quantitative estimate of drug-likeness (QED) is 0.389. The molecule has 0 aliphatic heterocycles. The summed E-state index contributed by atoms with van der Waals surface area (Å²) in [5.41, 5.74) is 1.81. The van der Waals surface area contributed by atoms with Crippen LogP contribution < -0.4 is 0 Å². The van der Waals surface area contributed by atoms with Crippen molar-refractivity contribution in [2.24, 2.45) is 5.16 Å². The van der Waals surface area contributed by atoms with Gasteiger partial charge in [-0.15, -0.1) is 0 Å². The van der Waals surface area contributed by atoms with E-state index in [9.17, 15) is 4.79 Å². The minimum Gasteiger partial charge on any atom is -0.465 e. The fraction of sp³-hybridized carbons (Fsp3) is 0.0769. The van der Waals surface area contributed by atoms with Gasteiger partial charge in [-0.1, -0.05) is 5.16 Å². The average molecular weight is 244 g/mol. The summed E-state index contributed by atoms with van der Waals surface area (Å²) in [4.78, 5) is 11.6. The largest absolute Gasteiger partial charge is 0.465 e. The summed E-state index contributed by atoms with van der Waals surface area (Å²) in [6.07, 6.45) is 4.98. The number of hydrogen-bond donors (Lipinski definition) is 1. The summed E-state index contributed by atoms with van der Waals surface area (Å²) in [6, 6.07) is 8.86. The van der Waals surface area contributed by atoms with Gasteiger partial charge in [0, 0.05) is 18.1 Å². The first-order valence-corrected chi connectivity index (χ1v) is 5.29. The second-order valence-corrected chi connectivity index (χ2v) is 3.64. The summed E-state index contributed by atoms with van der Waals surface area (Å²) in [7, 11) is 1.32. The standard InChI is InChI=1S/C13H12N2O3/c1-18-13(16)11-6-10(9-14-17)7-12(8-11)15-4-2-3-5-15/h2-9,17H,1H3. The lowest BCUT2D eigenvalue weighted by atomic mass is 10.1. The Morgan fingerprint density at radius 1 is 1.33 bits per heavy atom. The summed E-state index contributed by atoms with van der Waals surface area (Å²) in [5.74, 6) is -0.434. The van der Waals surface area contributed by atoms with Gasteiger partial charge in [-0.2, -0.15) is 0 Å². The Labute approximate surface area is 104 Å². The molecule has 0 atom stereocenters. The van der Waals surface area contributed by atoms with E-state index in [4.69, 9.17) is 5.21 Å². The van der Waals surface area contributed by atoms with Crippen molar-refractivity contribution >= 4 is 12.2 Å². The van der Waals surface area contributed by atoms with Crippen molar-refractivity contribution in [3.8, 4) is 5.69 Å². The molecule has 0 unspecified atom stereocenters. The van der Waals surface area contributed by atoms with E-state index in [2.05, 4.69) is 9.89 Å². The van der Waals surface area contributed by atoms with Crippen LogP contribution in [0.4, 0.5) is 0 Å². The van der Waals surface area contributed by atoms with Gasteiger partial charge in [0.05, 0.1) is 18.9 Å². The second-order valence-electron chi connectivity index (χ2n) is 3.64. The fourth-order valence-corrected chi connectivity index (χ4v) is 1.67. The highest BCUT2D eigenvalue weighted by Gasteiger charge is 2.09. The number of oxime groups is 1. The second kappa shape index (κ2) is 5.18. The number of ether oxygens (including phenoxy) is 1. The van der Waals surface area contributed by atoms with Gasteiger partial charge in [0.1, 0.15) is 0 Å². The maximum Gasteiger partial charge on any atom is 0.337 e. The SMILES string of the molecule is COC(=O)c1cc(C=NO)cc(-n2cccc2)c1. The minimum atomic E-state index is -0.434. The molecular formula is C13H12N2O3. The zero-order valence-electron chi connectivity index (χ0n) is 9.78. The van der Waals surface area contributed by atoms with E-state index in [1.54, 1.807) is 18.2 Å². The number of hydrogen-bond acceptors (Lipinski definition) is 4. The van der Waals surface area contributed by atoms with Gasteiger partial charge in [-0.05, 0) is 35.9 Å². The molecule has 92 valence electrons. The normalized spacial score (nSPS) is 10.7. The van der Waals surface area contributed by atoms with Crippen molar-refractivity contribution in [1.82, 2.24) is 4.57 Å². The fourth-order valence-electron chi connectivity index (χ4n) is 1.67. The van der Waals surface area contributed by atoms with E-state index in [-0.39, 0.29) is 0 Å². The molecule has 0 amide bonds. The third-order valence-electron chi connectivity index (χ3n) is 2.47. The Morgan fingerprint density at radius 3 is 2.67 bits per heavy atom. The van der Waals surface area contributed by atoms with Gasteiger partial charge in [0.2, 0.25) is 0 Å². The first-order chi connectivity index (χ1) is 8.74. The molecule has 1 N–H and O–H groups in total. The van der Waals surface area contributed by atoms with Crippen LogP contribution in [0, 0.1) is 0 Å². The van der Waals surface area contributed by atoms with Crippen LogP contribution in [0.25, 0.3) is 5.69 Å². The molecule has 0 fully saturated rings. The molecular weight excluding hydrogens is 232 g/mol. The summed E-state index contributed by atoms with van der Waals surface area (Å²) < 4.78 is 6.53. The Kier molecular flexibility index (Phi) is 3.43. The number of esters is 1. The van der Waals surface area contributed by atoms with Crippen molar-refractivity contribution in [2.45, 2.75) is 0 Å². The highest BCUT2D eigenvalue weighted by Crippen LogP contribution is 2.15. The number of carbonyl (C=O) groups is 1. The molecule has 1 aromatic carbocycles. The molecule has 0 saturated heterocycles. The molecule has 0 bridgehead atoms. The van der Waals surface area contributed by atoms with E-state index >= 15 is 0 Å². The highest BCUT2D eigenvalue weighted by atomic mass is 16.5. The van der Waals surface area contributed by atoms with E-state index < -0.39 is 5.97 Å². The number of carbonyl (C=O) groups excluding carboxylic acids is 1. The molecule has 5 heteroatoms. The molecule has 5 nitrogen and oxygen atoms in total. The van der Waals surface area contributed by atoms with E-state index in [0.29, 0.717) is 11.1 Å². The van der Waals surface area contributed by atoms with E-state index in [0.717, 1.165) is 5.69 Å². The van der Waals surface area contributed by atoms with Crippen LogP contribution >= 0.6 is 0 Å². The van der Waals surface area contributed by atoms with Gasteiger partial charge >= 0.3 is 5.97 Å². The Balaban J connectivity index is 2.53. The molecule has 2 aromatic rings. The molecule has 1 heterocycles. The molecule has 0 aliphatic rings. The van der Waals surface area contributed by atoms with Crippen LogP contribution in [-0.2, 0) is 4.74 Å². The van der Waals surface area contributed by atoms with Crippen molar-refractivity contribution in [3.63, 3.8) is 0 Å². The van der Waals surface area contributed by atoms with Crippen LogP contribution in [0.3, 0.4) is 0 Å². The lowest BCUT2D eigenvalue weighted by molar-refractivity contribution is 0.0600. The van der Waals surface area contributed by atoms with E-state index in [1.807, 2.05) is 29.1 Å². The molecule has 18 heavy (non-hydrogen) atoms. The zero-order valence-corrected chi connectivity index (χ0v) is 9.78. The predicted molar refractivity (Wildman–Crippen MR) is 66.5 cm³/mol. The first-order valence-electron chi connectivity index (χ1n) is 5.29. The molecule has 0 spiro atoms. The van der Waals surface area contributed by atoms with Gasteiger partial charge in [0.15, 0.2) is 0 Å². The van der Waals surface area contributed by atoms with Crippen LogP contribution in [0.5, 0.6) is 0 Å². The first kappa shape index (κ1) is 11.9. The third kappa shape index (κ3) is 2.40. The highest BCUT2D eigenvalue weighted by molar-refractivity contribution is 5.93. The summed E-state index contributed by atoms with van der Waals surface area (Å²) in [5, 5.41) is 11.5. The lowest BCUT2D eigenvalue weighted by Gasteiger charge is -2.07. The monoisotopic (exact) mass is 244 g/mol. The summed E-state index contributed by atoms with van der Waals surface area (Å²) in [6.45, 7) is 0. The van der Waals surface area contributed by atoms with Crippen molar-refractivity contribution < 1.29 is 14.7 Å². The zero-order chi connectivity index (χ0) is 13.0. The van der Waals surface area contributed by atoms with Gasteiger partial charge in [-0.3, -0.25) is 0 Å². The minimum absolute atomic E-state index is 0.401. The molecule has 0 saturated carbocycles. The van der Waals surface area contributed by atoms with Crippen molar-refractivity contribution in [1.29, 1.82) is 0 Å². The molecule has 0 radical (unpaired) electrons. The van der Waals surface area contributed by atoms with Gasteiger partial charge in [-0.25, -0.2) is 4.79 Å². The van der Waals surface area contributed by atoms with Crippen LogP contribution in [-0.4, -0.2) is 29.1 Å². The lowest BCUT2D eigenvalue weighted by Crippen LogP contribution is -2.04. The van der Waals surface area contributed by atoms with Gasteiger partial charge < -0.3 is 14.5 Å². The predicted octanol–water partition coefficient (Wildman–Crippen LogP) is 2.07. The Morgan fingerprint density at radius 2 is 2.06 bits per heavy atom. The van der Waals surface area contributed by atoms with Crippen LogP contribution in [0.2, 0.25) is 0 Å². The average Bonchev–Trinajstić information content (AvgIpc) is 2.91. The molecule has 0 aliphatic carbocycles. The number of nitrogens with zero attached hydrogens (tertiary/aromatic N) is 2. The van der Waals surface area contributed by atoms with Crippen LogP contribution in [0.1, 0.15) is 15.9 Å². The number of benzene rings is 1. The Hall–Kier alpha value is -2.56. The molecule has 1 aromatic heterocycles. The maximum absolute atomic E-state index is 11.6.